The summed E-state index contributed by atoms with van der Waals surface area (Å²) in [6.45, 7) is 0. The van der Waals surface area contributed by atoms with Gasteiger partial charge in [0, 0.05) is 6.21 Å². The van der Waals surface area contributed by atoms with Crippen molar-refractivity contribution in [3.05, 3.63) is 47.5 Å². The number of carbonyl (C=O) groups is 1. The molecule has 0 spiro atoms. The molecule has 0 saturated carbocycles. The molecule has 15 heavy (non-hydrogen) atoms. The van der Waals surface area contributed by atoms with Crippen LogP contribution in [0.2, 0.25) is 0 Å². The fourth-order valence-electron chi connectivity index (χ4n) is 1.63. The first-order valence-electron chi connectivity index (χ1n) is 4.49. The molecule has 74 valence electrons. The zero-order valence-electron chi connectivity index (χ0n) is 7.90. The molecule has 2 aromatic rings. The molecule has 0 radical (unpaired) electrons. The van der Waals surface area contributed by atoms with Gasteiger partial charge in [-0.25, -0.2) is 4.79 Å². The van der Waals surface area contributed by atoms with E-state index in [1.165, 1.54) is 12.3 Å². The van der Waals surface area contributed by atoms with Gasteiger partial charge < -0.3 is 10.5 Å². The standard InChI is InChI=1S/C12H9NO2/c13-7-8-5-6-11(12(14)15)10-4-2-1-3-9(8)10/h1-7,13H,(H,14,15). The van der Waals surface area contributed by atoms with E-state index in [0.29, 0.717) is 5.39 Å². The van der Waals surface area contributed by atoms with E-state index in [1.807, 2.05) is 12.1 Å². The minimum Gasteiger partial charge on any atom is -0.478 e. The average Bonchev–Trinajstić information content (AvgIpc) is 2.27. The zero-order chi connectivity index (χ0) is 10.8. The van der Waals surface area contributed by atoms with Crippen molar-refractivity contribution >= 4 is 23.0 Å². The number of hydrogen-bond donors (Lipinski definition) is 2. The molecule has 0 unspecified atom stereocenters. The second-order valence-corrected chi connectivity index (χ2v) is 3.20. The first-order chi connectivity index (χ1) is 7.24. The van der Waals surface area contributed by atoms with Crippen LogP contribution in [0.25, 0.3) is 10.8 Å². The van der Waals surface area contributed by atoms with Gasteiger partial charge >= 0.3 is 5.97 Å². The average molecular weight is 199 g/mol. The second-order valence-electron chi connectivity index (χ2n) is 3.20. The Bertz CT molecular complexity index is 546. The van der Waals surface area contributed by atoms with Gasteiger partial charge in [-0.3, -0.25) is 0 Å². The van der Waals surface area contributed by atoms with Crippen LogP contribution in [0.5, 0.6) is 0 Å². The van der Waals surface area contributed by atoms with Crippen LogP contribution in [0.3, 0.4) is 0 Å². The summed E-state index contributed by atoms with van der Waals surface area (Å²) in [5.41, 5.74) is 1.01. The van der Waals surface area contributed by atoms with E-state index in [1.54, 1.807) is 18.2 Å². The number of aromatic carboxylic acids is 1. The van der Waals surface area contributed by atoms with Crippen molar-refractivity contribution in [3.8, 4) is 0 Å². The fourth-order valence-corrected chi connectivity index (χ4v) is 1.63. The summed E-state index contributed by atoms with van der Waals surface area (Å²) in [5, 5.41) is 17.7. The second kappa shape index (κ2) is 3.53. The Morgan fingerprint density at radius 1 is 1.13 bits per heavy atom. The molecule has 0 aromatic heterocycles. The molecular weight excluding hydrogens is 190 g/mol. The van der Waals surface area contributed by atoms with E-state index in [9.17, 15) is 4.79 Å². The molecule has 0 heterocycles. The molecule has 0 aliphatic carbocycles. The van der Waals surface area contributed by atoms with Crippen molar-refractivity contribution < 1.29 is 9.90 Å². The molecule has 0 bridgehead atoms. The normalized spacial score (nSPS) is 10.1. The number of fused-ring (bicyclic) bond motifs is 1. The third-order valence-corrected chi connectivity index (χ3v) is 2.34. The van der Waals surface area contributed by atoms with Crippen LogP contribution in [0, 0.1) is 5.41 Å². The summed E-state index contributed by atoms with van der Waals surface area (Å²) in [7, 11) is 0. The lowest BCUT2D eigenvalue weighted by atomic mass is 10.0. The lowest BCUT2D eigenvalue weighted by Crippen LogP contribution is -1.98. The number of benzene rings is 2. The molecule has 3 heteroatoms. The van der Waals surface area contributed by atoms with Crippen LogP contribution >= 0.6 is 0 Å². The van der Waals surface area contributed by atoms with E-state index >= 15 is 0 Å². The predicted octanol–water partition coefficient (Wildman–Crippen LogP) is 2.54. The van der Waals surface area contributed by atoms with Crippen molar-refractivity contribution in [2.24, 2.45) is 0 Å². The Labute approximate surface area is 86.5 Å². The topological polar surface area (TPSA) is 61.2 Å². The van der Waals surface area contributed by atoms with Gasteiger partial charge in [0.2, 0.25) is 0 Å². The quantitative estimate of drug-likeness (QED) is 0.730. The maximum absolute atomic E-state index is 11.0. The van der Waals surface area contributed by atoms with Gasteiger partial charge in [-0.2, -0.15) is 0 Å². The number of rotatable bonds is 2. The van der Waals surface area contributed by atoms with Crippen molar-refractivity contribution in [2.45, 2.75) is 0 Å². The SMILES string of the molecule is N=Cc1ccc(C(=O)O)c2ccccc12. The van der Waals surface area contributed by atoms with E-state index in [0.717, 1.165) is 10.9 Å². The van der Waals surface area contributed by atoms with Crippen molar-refractivity contribution in [2.75, 3.05) is 0 Å². The van der Waals surface area contributed by atoms with E-state index in [2.05, 4.69) is 0 Å². The summed E-state index contributed by atoms with van der Waals surface area (Å²) in [6, 6.07) is 10.4. The monoisotopic (exact) mass is 199 g/mol. The number of carboxylic acid groups (broad SMARTS) is 1. The van der Waals surface area contributed by atoms with E-state index in [-0.39, 0.29) is 5.56 Å². The highest BCUT2D eigenvalue weighted by Gasteiger charge is 2.09. The molecule has 2 N–H and O–H groups in total. The fraction of sp³-hybridized carbons (Fsp3) is 0. The first-order valence-corrected chi connectivity index (χ1v) is 4.49. The van der Waals surface area contributed by atoms with Gasteiger partial charge in [0.15, 0.2) is 0 Å². The summed E-state index contributed by atoms with van der Waals surface area (Å²) in [6.07, 6.45) is 1.23. The molecule has 3 nitrogen and oxygen atoms in total. The zero-order valence-corrected chi connectivity index (χ0v) is 7.90. The Kier molecular flexibility index (Phi) is 2.21. The van der Waals surface area contributed by atoms with Crippen LogP contribution in [0.1, 0.15) is 15.9 Å². The number of carboxylic acids is 1. The minimum absolute atomic E-state index is 0.274. The van der Waals surface area contributed by atoms with Crippen LogP contribution in [-0.2, 0) is 0 Å². The third-order valence-electron chi connectivity index (χ3n) is 2.34. The molecule has 0 fully saturated rings. The van der Waals surface area contributed by atoms with Gasteiger partial charge in [-0.15, -0.1) is 0 Å². The van der Waals surface area contributed by atoms with E-state index < -0.39 is 5.97 Å². The van der Waals surface area contributed by atoms with Crippen LogP contribution < -0.4 is 0 Å². The van der Waals surface area contributed by atoms with Crippen LogP contribution in [0.4, 0.5) is 0 Å². The molecule has 0 aliphatic rings. The van der Waals surface area contributed by atoms with Gasteiger partial charge in [0.25, 0.3) is 0 Å². The summed E-state index contributed by atoms with van der Waals surface area (Å²) >= 11 is 0. The Morgan fingerprint density at radius 2 is 1.80 bits per heavy atom. The maximum atomic E-state index is 11.0. The molecule has 2 aromatic carbocycles. The Balaban J connectivity index is 2.89. The van der Waals surface area contributed by atoms with Gasteiger partial charge in [0.05, 0.1) is 5.56 Å². The lowest BCUT2D eigenvalue weighted by Gasteiger charge is -2.04. The third kappa shape index (κ3) is 1.48. The first kappa shape index (κ1) is 9.40. The highest BCUT2D eigenvalue weighted by atomic mass is 16.4. The van der Waals surface area contributed by atoms with Crippen molar-refractivity contribution in [1.82, 2.24) is 0 Å². The maximum Gasteiger partial charge on any atom is 0.336 e. The predicted molar refractivity (Wildman–Crippen MR) is 58.8 cm³/mol. The van der Waals surface area contributed by atoms with Crippen molar-refractivity contribution in [3.63, 3.8) is 0 Å². The van der Waals surface area contributed by atoms with Gasteiger partial charge in [-0.05, 0) is 22.4 Å². The highest BCUT2D eigenvalue weighted by molar-refractivity contribution is 6.08. The van der Waals surface area contributed by atoms with Gasteiger partial charge in [-0.1, -0.05) is 30.3 Å². The largest absolute Gasteiger partial charge is 0.478 e. The van der Waals surface area contributed by atoms with Crippen molar-refractivity contribution in [1.29, 1.82) is 5.41 Å². The molecule has 0 aliphatic heterocycles. The molecule has 0 atom stereocenters. The van der Waals surface area contributed by atoms with Crippen LogP contribution in [-0.4, -0.2) is 17.3 Å². The number of nitrogens with one attached hydrogen (secondary N) is 1. The van der Waals surface area contributed by atoms with Gasteiger partial charge in [0.1, 0.15) is 0 Å². The molecule has 0 amide bonds. The molecule has 2 rings (SSSR count). The Hall–Kier alpha value is -2.16. The van der Waals surface area contributed by atoms with Crippen LogP contribution in [0.15, 0.2) is 36.4 Å². The van der Waals surface area contributed by atoms with E-state index in [4.69, 9.17) is 10.5 Å². The number of hydrogen-bond acceptors (Lipinski definition) is 2. The smallest absolute Gasteiger partial charge is 0.336 e. The molecule has 0 saturated heterocycles. The summed E-state index contributed by atoms with van der Waals surface area (Å²) < 4.78 is 0. The highest BCUT2D eigenvalue weighted by Crippen LogP contribution is 2.21. The minimum atomic E-state index is -0.942. The summed E-state index contributed by atoms with van der Waals surface area (Å²) in [5.74, 6) is -0.942. The molecular formula is C12H9NO2. The Morgan fingerprint density at radius 3 is 2.40 bits per heavy atom. The summed E-state index contributed by atoms with van der Waals surface area (Å²) in [4.78, 5) is 11.0. The lowest BCUT2D eigenvalue weighted by molar-refractivity contribution is 0.0699.